The lowest BCUT2D eigenvalue weighted by atomic mass is 9.99. The van der Waals surface area contributed by atoms with Crippen LogP contribution >= 0.6 is 0 Å². The molecule has 0 saturated carbocycles. The molecule has 1 aromatic heterocycles. The van der Waals surface area contributed by atoms with Crippen LogP contribution in [0.1, 0.15) is 71.6 Å². The number of hydrogen-bond acceptors (Lipinski definition) is 3. The number of hydrogen-bond donors (Lipinski definition) is 1. The van der Waals surface area contributed by atoms with Crippen molar-refractivity contribution in [2.75, 3.05) is 0 Å². The highest BCUT2D eigenvalue weighted by Crippen LogP contribution is 2.27. The fourth-order valence-corrected chi connectivity index (χ4v) is 3.89. The first-order chi connectivity index (χ1) is 15.8. The highest BCUT2D eigenvalue weighted by atomic mass is 19.3. The summed E-state index contributed by atoms with van der Waals surface area (Å²) in [5.41, 5.74) is 0.975. The van der Waals surface area contributed by atoms with Crippen LogP contribution in [0.2, 0.25) is 0 Å². The van der Waals surface area contributed by atoms with E-state index in [1.165, 1.54) is 17.6 Å². The number of unbranched alkanes of at least 4 members (excludes halogenated alkanes) is 1. The standard InChI is InChI=1S/C25H26F2N2O4/c1-3-5-10-20-22(23(26)27)29(21(30)4-2)25(33)28(20)15-16-11-13-17(14-12-16)18-8-6-7-9-19(18)24(31)32/h6-9,11-14,23H,3-5,10,15H2,1-2H3,(H,31,32). The van der Waals surface area contributed by atoms with Crippen LogP contribution in [-0.2, 0) is 13.0 Å². The van der Waals surface area contributed by atoms with Crippen molar-refractivity contribution in [1.29, 1.82) is 0 Å². The summed E-state index contributed by atoms with van der Waals surface area (Å²) in [6.45, 7) is 3.48. The molecule has 0 radical (unpaired) electrons. The van der Waals surface area contributed by atoms with Gasteiger partial charge in [0, 0.05) is 12.1 Å². The molecule has 0 fully saturated rings. The predicted octanol–water partition coefficient (Wildman–Crippen LogP) is 5.39. The Morgan fingerprint density at radius 2 is 1.70 bits per heavy atom. The van der Waals surface area contributed by atoms with Crippen molar-refractivity contribution < 1.29 is 23.5 Å². The summed E-state index contributed by atoms with van der Waals surface area (Å²) in [7, 11) is 0. The molecule has 33 heavy (non-hydrogen) atoms. The zero-order chi connectivity index (χ0) is 24.1. The van der Waals surface area contributed by atoms with E-state index >= 15 is 0 Å². The van der Waals surface area contributed by atoms with Gasteiger partial charge in [0.2, 0.25) is 5.91 Å². The second-order valence-corrected chi connectivity index (χ2v) is 7.74. The highest BCUT2D eigenvalue weighted by molar-refractivity contribution is 5.96. The molecule has 0 saturated heterocycles. The van der Waals surface area contributed by atoms with E-state index in [2.05, 4.69) is 0 Å². The zero-order valence-corrected chi connectivity index (χ0v) is 18.6. The number of aromatic nitrogens is 2. The van der Waals surface area contributed by atoms with Crippen LogP contribution in [-0.4, -0.2) is 26.1 Å². The Kier molecular flexibility index (Phi) is 7.58. The van der Waals surface area contributed by atoms with Gasteiger partial charge in [-0.15, -0.1) is 0 Å². The number of aromatic carboxylic acids is 1. The summed E-state index contributed by atoms with van der Waals surface area (Å²) in [5.74, 6) is -1.70. The average Bonchev–Trinajstić information content (AvgIpc) is 3.09. The molecule has 2 aromatic carbocycles. The topological polar surface area (TPSA) is 81.3 Å². The molecule has 3 aromatic rings. The third kappa shape index (κ3) is 4.94. The molecule has 0 bridgehead atoms. The van der Waals surface area contributed by atoms with Gasteiger partial charge in [-0.1, -0.05) is 62.7 Å². The average molecular weight is 456 g/mol. The van der Waals surface area contributed by atoms with E-state index in [-0.39, 0.29) is 30.6 Å². The fraction of sp³-hybridized carbons (Fsp3) is 0.320. The molecule has 0 spiro atoms. The van der Waals surface area contributed by atoms with Crippen molar-refractivity contribution in [1.82, 2.24) is 9.13 Å². The van der Waals surface area contributed by atoms with E-state index in [0.717, 1.165) is 6.42 Å². The van der Waals surface area contributed by atoms with Gasteiger partial charge in [-0.05, 0) is 35.6 Å². The molecule has 6 nitrogen and oxygen atoms in total. The zero-order valence-electron chi connectivity index (χ0n) is 18.6. The van der Waals surface area contributed by atoms with Crippen molar-refractivity contribution >= 4 is 11.9 Å². The van der Waals surface area contributed by atoms with Crippen molar-refractivity contribution in [3.05, 3.63) is 81.5 Å². The lowest BCUT2D eigenvalue weighted by Gasteiger charge is -2.11. The molecule has 8 heteroatoms. The Morgan fingerprint density at radius 1 is 1.03 bits per heavy atom. The molecule has 0 amide bonds. The van der Waals surface area contributed by atoms with E-state index in [1.54, 1.807) is 42.5 Å². The van der Waals surface area contributed by atoms with E-state index in [9.17, 15) is 28.3 Å². The number of carboxylic acids is 1. The largest absolute Gasteiger partial charge is 0.478 e. The van der Waals surface area contributed by atoms with Crippen molar-refractivity contribution in [2.45, 2.75) is 52.5 Å². The minimum absolute atomic E-state index is 0.0302. The van der Waals surface area contributed by atoms with Crippen molar-refractivity contribution in [3.63, 3.8) is 0 Å². The van der Waals surface area contributed by atoms with Gasteiger partial charge in [0.1, 0.15) is 5.69 Å². The number of benzene rings is 2. The summed E-state index contributed by atoms with van der Waals surface area (Å²) in [6.07, 6.45) is -1.39. The Balaban J connectivity index is 2.04. The first-order valence-corrected chi connectivity index (χ1v) is 10.9. The number of alkyl halides is 2. The lowest BCUT2D eigenvalue weighted by molar-refractivity contribution is 0.0697. The molecule has 0 aliphatic heterocycles. The van der Waals surface area contributed by atoms with Gasteiger partial charge in [0.25, 0.3) is 6.43 Å². The van der Waals surface area contributed by atoms with Gasteiger partial charge in [0.05, 0.1) is 12.1 Å². The molecule has 0 atom stereocenters. The van der Waals surface area contributed by atoms with E-state index in [4.69, 9.17) is 0 Å². The smallest absolute Gasteiger partial charge is 0.336 e. The second-order valence-electron chi connectivity index (χ2n) is 7.74. The predicted molar refractivity (Wildman–Crippen MR) is 121 cm³/mol. The number of nitrogens with zero attached hydrogens (tertiary/aromatic N) is 2. The number of rotatable bonds is 9. The monoisotopic (exact) mass is 456 g/mol. The first kappa shape index (κ1) is 24.1. The molecule has 174 valence electrons. The molecule has 0 aliphatic rings. The van der Waals surface area contributed by atoms with Gasteiger partial charge in [-0.25, -0.2) is 22.9 Å². The minimum atomic E-state index is -2.95. The maximum atomic E-state index is 13.9. The maximum Gasteiger partial charge on any atom is 0.336 e. The quantitative estimate of drug-likeness (QED) is 0.468. The van der Waals surface area contributed by atoms with Gasteiger partial charge in [0.15, 0.2) is 0 Å². The van der Waals surface area contributed by atoms with Crippen molar-refractivity contribution in [2.24, 2.45) is 0 Å². The molecular weight excluding hydrogens is 430 g/mol. The van der Waals surface area contributed by atoms with Crippen LogP contribution < -0.4 is 5.69 Å². The lowest BCUT2D eigenvalue weighted by Crippen LogP contribution is -2.30. The third-order valence-corrected chi connectivity index (χ3v) is 5.57. The third-order valence-electron chi connectivity index (χ3n) is 5.57. The van der Waals surface area contributed by atoms with Gasteiger partial charge in [-0.3, -0.25) is 9.36 Å². The molecule has 1 heterocycles. The van der Waals surface area contributed by atoms with E-state index < -0.39 is 29.7 Å². The SMILES string of the molecule is CCCCc1c(C(F)F)n(C(=O)CC)c(=O)n1Cc1ccc(-c2ccccc2C(=O)O)cc1. The highest BCUT2D eigenvalue weighted by Gasteiger charge is 2.28. The Morgan fingerprint density at radius 3 is 2.27 bits per heavy atom. The minimum Gasteiger partial charge on any atom is -0.478 e. The number of carboxylic acid groups (broad SMARTS) is 1. The van der Waals surface area contributed by atoms with Crippen LogP contribution in [0, 0.1) is 0 Å². The van der Waals surface area contributed by atoms with E-state index in [1.807, 2.05) is 6.92 Å². The second kappa shape index (κ2) is 10.4. The summed E-state index contributed by atoms with van der Waals surface area (Å²) in [4.78, 5) is 36.8. The molecule has 1 N–H and O–H groups in total. The molecule has 3 rings (SSSR count). The van der Waals surface area contributed by atoms with Gasteiger partial charge in [-0.2, -0.15) is 0 Å². The summed E-state index contributed by atoms with van der Waals surface area (Å²) < 4.78 is 29.7. The molecule has 0 unspecified atom stereocenters. The van der Waals surface area contributed by atoms with Crippen LogP contribution in [0.5, 0.6) is 0 Å². The van der Waals surface area contributed by atoms with Gasteiger partial charge >= 0.3 is 11.7 Å². The Bertz CT molecular complexity index is 1210. The number of imidazole rings is 1. The van der Waals surface area contributed by atoms with Crippen molar-refractivity contribution in [3.8, 4) is 11.1 Å². The Hall–Kier alpha value is -3.55. The number of carbonyl (C=O) groups is 2. The van der Waals surface area contributed by atoms with Crippen LogP contribution in [0.4, 0.5) is 8.78 Å². The number of carbonyl (C=O) groups excluding carboxylic acids is 1. The summed E-state index contributed by atoms with van der Waals surface area (Å²) >= 11 is 0. The Labute approximate surface area is 190 Å². The van der Waals surface area contributed by atoms with Crippen LogP contribution in [0.15, 0.2) is 53.3 Å². The number of halogens is 2. The normalized spacial score (nSPS) is 11.2. The van der Waals surface area contributed by atoms with Crippen LogP contribution in [0.3, 0.4) is 0 Å². The fourth-order valence-electron chi connectivity index (χ4n) is 3.89. The van der Waals surface area contributed by atoms with Gasteiger partial charge < -0.3 is 5.11 Å². The maximum absolute atomic E-state index is 13.9. The van der Waals surface area contributed by atoms with Crippen LogP contribution in [0.25, 0.3) is 11.1 Å². The van der Waals surface area contributed by atoms with E-state index in [0.29, 0.717) is 27.7 Å². The first-order valence-electron chi connectivity index (χ1n) is 10.9. The summed E-state index contributed by atoms with van der Waals surface area (Å²) in [5, 5.41) is 9.42. The molecular formula is C25H26F2N2O4. The summed E-state index contributed by atoms with van der Waals surface area (Å²) in [6, 6.07) is 13.5. The molecule has 0 aliphatic carbocycles.